The lowest BCUT2D eigenvalue weighted by molar-refractivity contribution is 0.465. The molecule has 5 nitrogen and oxygen atoms in total. The molecule has 0 aliphatic carbocycles. The van der Waals surface area contributed by atoms with Crippen LogP contribution in [0.4, 0.5) is 0 Å². The van der Waals surface area contributed by atoms with Gasteiger partial charge in [0.25, 0.3) is 5.56 Å². The second-order valence-corrected chi connectivity index (χ2v) is 6.45. The molecule has 3 aromatic rings. The molecule has 0 aliphatic heterocycles. The molecule has 1 aromatic carbocycles. The maximum atomic E-state index is 13.0. The van der Waals surface area contributed by atoms with E-state index in [1.807, 2.05) is 51.1 Å². The van der Waals surface area contributed by atoms with Crippen molar-refractivity contribution in [1.29, 1.82) is 0 Å². The van der Waals surface area contributed by atoms with Crippen molar-refractivity contribution in [2.75, 3.05) is 0 Å². The lowest BCUT2D eigenvalue weighted by Crippen LogP contribution is -2.29. The molecule has 0 amide bonds. The van der Waals surface area contributed by atoms with E-state index >= 15 is 0 Å². The summed E-state index contributed by atoms with van der Waals surface area (Å²) in [6.45, 7) is 5.90. The standard InChI is InChI=1S/C18H17NO4/c1-18(2,3)14-10-13-16(12(20)9-15(21)23-13)17(22)19(14)11-7-5-4-6-8-11/h4-10,20H,1-3H3. The maximum absolute atomic E-state index is 13.0. The number of hydrogen-bond acceptors (Lipinski definition) is 4. The van der Waals surface area contributed by atoms with Crippen LogP contribution in [0.1, 0.15) is 26.5 Å². The molecule has 0 radical (unpaired) electrons. The van der Waals surface area contributed by atoms with Crippen LogP contribution >= 0.6 is 0 Å². The third kappa shape index (κ3) is 2.54. The van der Waals surface area contributed by atoms with Gasteiger partial charge < -0.3 is 9.52 Å². The minimum absolute atomic E-state index is 0.00135. The van der Waals surface area contributed by atoms with E-state index in [-0.39, 0.29) is 22.1 Å². The Bertz CT molecular complexity index is 992. The fourth-order valence-corrected chi connectivity index (χ4v) is 2.61. The summed E-state index contributed by atoms with van der Waals surface area (Å²) in [5, 5.41) is 10.0. The second kappa shape index (κ2) is 5.12. The van der Waals surface area contributed by atoms with Crippen molar-refractivity contribution >= 4 is 11.0 Å². The molecular weight excluding hydrogens is 294 g/mol. The number of pyridine rings is 1. The molecule has 2 aromatic heterocycles. The fraction of sp³-hybridized carbons (Fsp3) is 0.222. The molecule has 0 bridgehead atoms. The second-order valence-electron chi connectivity index (χ2n) is 6.45. The van der Waals surface area contributed by atoms with Gasteiger partial charge in [-0.2, -0.15) is 0 Å². The third-order valence-electron chi connectivity index (χ3n) is 3.68. The monoisotopic (exact) mass is 311 g/mol. The van der Waals surface area contributed by atoms with Crippen LogP contribution in [0.3, 0.4) is 0 Å². The first-order valence-electron chi connectivity index (χ1n) is 7.28. The average molecular weight is 311 g/mol. The third-order valence-corrected chi connectivity index (χ3v) is 3.68. The number of aromatic nitrogens is 1. The predicted octanol–water partition coefficient (Wildman–Crippen LogP) is 2.95. The normalized spacial score (nSPS) is 11.8. The molecular formula is C18H17NO4. The van der Waals surface area contributed by atoms with Gasteiger partial charge in [0.15, 0.2) is 0 Å². The van der Waals surface area contributed by atoms with Gasteiger partial charge in [-0.15, -0.1) is 0 Å². The van der Waals surface area contributed by atoms with E-state index in [2.05, 4.69) is 0 Å². The zero-order valence-electron chi connectivity index (χ0n) is 13.2. The average Bonchev–Trinajstić information content (AvgIpc) is 2.46. The SMILES string of the molecule is CC(C)(C)c1cc2oc(=O)cc(O)c2c(=O)n1-c1ccccc1. The van der Waals surface area contributed by atoms with E-state index < -0.39 is 11.2 Å². The zero-order chi connectivity index (χ0) is 16.8. The number of fused-ring (bicyclic) bond motifs is 1. The molecule has 0 aliphatic rings. The number of nitrogens with zero attached hydrogens (tertiary/aromatic N) is 1. The highest BCUT2D eigenvalue weighted by atomic mass is 16.4. The number of rotatable bonds is 1. The van der Waals surface area contributed by atoms with Crippen LogP contribution in [0.2, 0.25) is 0 Å². The zero-order valence-corrected chi connectivity index (χ0v) is 13.2. The number of aromatic hydroxyl groups is 1. The summed E-state index contributed by atoms with van der Waals surface area (Å²) in [7, 11) is 0. The Morgan fingerprint density at radius 2 is 1.70 bits per heavy atom. The molecule has 0 saturated carbocycles. The Balaban J connectivity index is 2.54. The summed E-state index contributed by atoms with van der Waals surface area (Å²) >= 11 is 0. The van der Waals surface area contributed by atoms with E-state index in [0.717, 1.165) is 6.07 Å². The van der Waals surface area contributed by atoms with Gasteiger partial charge in [-0.3, -0.25) is 9.36 Å². The minimum Gasteiger partial charge on any atom is -0.507 e. The van der Waals surface area contributed by atoms with Crippen molar-refractivity contribution in [3.8, 4) is 11.4 Å². The highest BCUT2D eigenvalue weighted by Gasteiger charge is 2.24. The van der Waals surface area contributed by atoms with Crippen LogP contribution in [-0.2, 0) is 5.41 Å². The van der Waals surface area contributed by atoms with Crippen molar-refractivity contribution in [3.05, 3.63) is 68.9 Å². The summed E-state index contributed by atoms with van der Waals surface area (Å²) in [4.78, 5) is 24.5. The summed E-state index contributed by atoms with van der Waals surface area (Å²) < 4.78 is 6.66. The van der Waals surface area contributed by atoms with Gasteiger partial charge >= 0.3 is 5.63 Å². The van der Waals surface area contributed by atoms with E-state index in [1.165, 1.54) is 0 Å². The highest BCUT2D eigenvalue weighted by molar-refractivity contribution is 5.82. The Morgan fingerprint density at radius 3 is 2.30 bits per heavy atom. The largest absolute Gasteiger partial charge is 0.507 e. The van der Waals surface area contributed by atoms with Gasteiger partial charge in [0.2, 0.25) is 0 Å². The first kappa shape index (κ1) is 15.1. The summed E-state index contributed by atoms with van der Waals surface area (Å²) in [6.07, 6.45) is 0. The molecule has 2 heterocycles. The molecule has 0 spiro atoms. The topological polar surface area (TPSA) is 72.4 Å². The smallest absolute Gasteiger partial charge is 0.339 e. The maximum Gasteiger partial charge on any atom is 0.339 e. The summed E-state index contributed by atoms with van der Waals surface area (Å²) in [6, 6.07) is 11.7. The summed E-state index contributed by atoms with van der Waals surface area (Å²) in [5.74, 6) is -0.369. The molecule has 5 heteroatoms. The first-order chi connectivity index (χ1) is 10.8. The molecule has 0 atom stereocenters. The Hall–Kier alpha value is -2.82. The lowest BCUT2D eigenvalue weighted by Gasteiger charge is -2.24. The van der Waals surface area contributed by atoms with Gasteiger partial charge in [0.05, 0.1) is 6.07 Å². The van der Waals surface area contributed by atoms with E-state index in [9.17, 15) is 14.7 Å². The molecule has 1 N–H and O–H groups in total. The van der Waals surface area contributed by atoms with E-state index in [1.54, 1.807) is 10.6 Å². The summed E-state index contributed by atoms with van der Waals surface area (Å²) in [5.41, 5.74) is 0.00121. The van der Waals surface area contributed by atoms with Gasteiger partial charge in [0, 0.05) is 22.9 Å². The molecule has 0 saturated heterocycles. The number of hydrogen-bond donors (Lipinski definition) is 1. The quantitative estimate of drug-likeness (QED) is 0.750. The van der Waals surface area contributed by atoms with Crippen LogP contribution in [0.25, 0.3) is 16.7 Å². The van der Waals surface area contributed by atoms with Crippen LogP contribution in [0.5, 0.6) is 5.75 Å². The van der Waals surface area contributed by atoms with Gasteiger partial charge in [-0.1, -0.05) is 39.0 Å². The Morgan fingerprint density at radius 1 is 1.04 bits per heavy atom. The Kier molecular flexibility index (Phi) is 3.36. The molecule has 0 unspecified atom stereocenters. The van der Waals surface area contributed by atoms with Crippen molar-refractivity contribution < 1.29 is 9.52 Å². The minimum atomic E-state index is -0.688. The molecule has 0 fully saturated rings. The van der Waals surface area contributed by atoms with Crippen LogP contribution < -0.4 is 11.2 Å². The first-order valence-corrected chi connectivity index (χ1v) is 7.28. The van der Waals surface area contributed by atoms with Crippen LogP contribution in [0.15, 0.2) is 56.5 Å². The van der Waals surface area contributed by atoms with Gasteiger partial charge in [0.1, 0.15) is 16.7 Å². The molecule has 118 valence electrons. The number of benzene rings is 1. The van der Waals surface area contributed by atoms with Crippen LogP contribution in [-0.4, -0.2) is 9.67 Å². The number of para-hydroxylation sites is 1. The van der Waals surface area contributed by atoms with Crippen molar-refractivity contribution in [1.82, 2.24) is 4.57 Å². The Labute approximate surface area is 132 Å². The van der Waals surface area contributed by atoms with Crippen molar-refractivity contribution in [2.24, 2.45) is 0 Å². The lowest BCUT2D eigenvalue weighted by atomic mass is 9.90. The van der Waals surface area contributed by atoms with E-state index in [4.69, 9.17) is 4.42 Å². The fourth-order valence-electron chi connectivity index (χ4n) is 2.61. The van der Waals surface area contributed by atoms with Gasteiger partial charge in [-0.05, 0) is 12.1 Å². The van der Waals surface area contributed by atoms with Crippen molar-refractivity contribution in [3.63, 3.8) is 0 Å². The molecule has 23 heavy (non-hydrogen) atoms. The van der Waals surface area contributed by atoms with Crippen molar-refractivity contribution in [2.45, 2.75) is 26.2 Å². The predicted molar refractivity (Wildman–Crippen MR) is 88.4 cm³/mol. The molecule has 3 rings (SSSR count). The van der Waals surface area contributed by atoms with E-state index in [0.29, 0.717) is 11.4 Å². The highest BCUT2D eigenvalue weighted by Crippen LogP contribution is 2.28. The van der Waals surface area contributed by atoms with Crippen LogP contribution in [0, 0.1) is 0 Å². The van der Waals surface area contributed by atoms with Gasteiger partial charge in [-0.25, -0.2) is 4.79 Å².